The predicted molar refractivity (Wildman–Crippen MR) is 59.4 cm³/mol. The molecule has 2 heterocycles. The van der Waals surface area contributed by atoms with Crippen molar-refractivity contribution in [2.24, 2.45) is 11.7 Å². The lowest BCUT2D eigenvalue weighted by atomic mass is 9.97. The van der Waals surface area contributed by atoms with Crippen LogP contribution < -0.4 is 21.9 Å². The van der Waals surface area contributed by atoms with Crippen LogP contribution in [0.15, 0.2) is 9.59 Å². The Morgan fingerprint density at radius 1 is 1.44 bits per heavy atom. The van der Waals surface area contributed by atoms with Crippen LogP contribution in [0.2, 0.25) is 0 Å². The number of aromatic nitrogens is 3. The Morgan fingerprint density at radius 3 is 2.81 bits per heavy atom. The molecule has 7 heteroatoms. The molecule has 88 valence electrons. The number of nitrogens with zero attached hydrogens (tertiary/aromatic N) is 2. The van der Waals surface area contributed by atoms with Crippen LogP contribution in [0.5, 0.6) is 0 Å². The number of piperidine rings is 1. The molecule has 1 aliphatic rings. The molecule has 1 aromatic rings. The zero-order valence-corrected chi connectivity index (χ0v) is 9.06. The van der Waals surface area contributed by atoms with Crippen molar-refractivity contribution in [2.75, 3.05) is 18.0 Å². The largest absolute Gasteiger partial charge is 0.349 e. The zero-order chi connectivity index (χ0) is 11.7. The molecule has 0 saturated carbocycles. The van der Waals surface area contributed by atoms with Gasteiger partial charge < -0.3 is 10.6 Å². The van der Waals surface area contributed by atoms with Gasteiger partial charge in [0.1, 0.15) is 0 Å². The lowest BCUT2D eigenvalue weighted by Crippen LogP contribution is -2.49. The van der Waals surface area contributed by atoms with Gasteiger partial charge in [-0.1, -0.05) is 6.92 Å². The van der Waals surface area contributed by atoms with Crippen molar-refractivity contribution in [3.63, 3.8) is 0 Å². The third kappa shape index (κ3) is 2.13. The third-order valence-corrected chi connectivity index (χ3v) is 2.69. The van der Waals surface area contributed by atoms with Crippen molar-refractivity contribution in [3.8, 4) is 0 Å². The minimum atomic E-state index is -0.594. The lowest BCUT2D eigenvalue weighted by molar-refractivity contribution is 0.398. The van der Waals surface area contributed by atoms with Crippen LogP contribution in [0.3, 0.4) is 0 Å². The standard InChI is InChI=1S/C9H15N5O2/c1-5-2-6(10)4-14(3-5)7-8(15)11-9(16)13-12-7/h5-6H,2-4,10H2,1H3,(H2,11,13,15,16). The van der Waals surface area contributed by atoms with Gasteiger partial charge in [-0.05, 0) is 12.3 Å². The van der Waals surface area contributed by atoms with Crippen molar-refractivity contribution in [3.05, 3.63) is 20.8 Å². The molecule has 4 N–H and O–H groups in total. The van der Waals surface area contributed by atoms with Gasteiger partial charge in [0.15, 0.2) is 0 Å². The highest BCUT2D eigenvalue weighted by Crippen LogP contribution is 2.17. The van der Waals surface area contributed by atoms with Gasteiger partial charge in [0, 0.05) is 19.1 Å². The first kappa shape index (κ1) is 10.9. The van der Waals surface area contributed by atoms with Crippen molar-refractivity contribution in [2.45, 2.75) is 19.4 Å². The molecule has 2 rings (SSSR count). The molecule has 0 amide bonds. The summed E-state index contributed by atoms with van der Waals surface area (Å²) in [5.41, 5.74) is 4.82. The molecule has 1 fully saturated rings. The molecule has 7 nitrogen and oxygen atoms in total. The van der Waals surface area contributed by atoms with Crippen molar-refractivity contribution in [1.82, 2.24) is 15.2 Å². The summed E-state index contributed by atoms with van der Waals surface area (Å²) in [6, 6.07) is 0.0388. The summed E-state index contributed by atoms with van der Waals surface area (Å²) in [7, 11) is 0. The molecule has 0 bridgehead atoms. The van der Waals surface area contributed by atoms with E-state index in [-0.39, 0.29) is 11.9 Å². The van der Waals surface area contributed by atoms with E-state index in [0.717, 1.165) is 13.0 Å². The van der Waals surface area contributed by atoms with Crippen LogP contribution in [-0.4, -0.2) is 34.3 Å². The Hall–Kier alpha value is -1.63. The number of rotatable bonds is 1. The number of H-pyrrole nitrogens is 2. The fourth-order valence-electron chi connectivity index (χ4n) is 2.13. The molecule has 1 saturated heterocycles. The van der Waals surface area contributed by atoms with Crippen molar-refractivity contribution >= 4 is 5.82 Å². The minimum Gasteiger partial charge on any atom is -0.349 e. The van der Waals surface area contributed by atoms with Crippen LogP contribution in [0.25, 0.3) is 0 Å². The maximum atomic E-state index is 11.5. The number of nitrogens with one attached hydrogen (secondary N) is 2. The van der Waals surface area contributed by atoms with E-state index in [9.17, 15) is 9.59 Å². The summed E-state index contributed by atoms with van der Waals surface area (Å²) < 4.78 is 0. The Labute approximate surface area is 91.7 Å². The maximum absolute atomic E-state index is 11.5. The molecule has 1 aromatic heterocycles. The van der Waals surface area contributed by atoms with Crippen LogP contribution in [0.1, 0.15) is 13.3 Å². The van der Waals surface area contributed by atoms with E-state index in [0.29, 0.717) is 12.5 Å². The molecular weight excluding hydrogens is 210 g/mol. The summed E-state index contributed by atoms with van der Waals surface area (Å²) in [5, 5.41) is 5.98. The first-order chi connectivity index (χ1) is 7.56. The second-order valence-electron chi connectivity index (χ2n) is 4.34. The Bertz CT molecular complexity index is 469. The molecule has 0 aliphatic carbocycles. The van der Waals surface area contributed by atoms with Crippen LogP contribution in [0.4, 0.5) is 5.82 Å². The van der Waals surface area contributed by atoms with E-state index in [1.807, 2.05) is 4.90 Å². The van der Waals surface area contributed by atoms with E-state index in [1.54, 1.807) is 0 Å². The number of nitrogens with two attached hydrogens (primary N) is 1. The van der Waals surface area contributed by atoms with Crippen molar-refractivity contribution < 1.29 is 0 Å². The summed E-state index contributed by atoms with van der Waals surface area (Å²) >= 11 is 0. The number of anilines is 1. The second-order valence-corrected chi connectivity index (χ2v) is 4.34. The van der Waals surface area contributed by atoms with Gasteiger partial charge in [0.25, 0.3) is 5.56 Å². The fraction of sp³-hybridized carbons (Fsp3) is 0.667. The van der Waals surface area contributed by atoms with Crippen LogP contribution in [0, 0.1) is 5.92 Å². The number of hydrogen-bond acceptors (Lipinski definition) is 5. The third-order valence-electron chi connectivity index (χ3n) is 2.69. The highest BCUT2D eigenvalue weighted by Gasteiger charge is 2.24. The average Bonchev–Trinajstić information content (AvgIpc) is 2.15. The highest BCUT2D eigenvalue weighted by atomic mass is 16.2. The van der Waals surface area contributed by atoms with Gasteiger partial charge >= 0.3 is 5.69 Å². The van der Waals surface area contributed by atoms with E-state index in [4.69, 9.17) is 5.73 Å². The summed E-state index contributed by atoms with van der Waals surface area (Å²) in [4.78, 5) is 26.3. The Morgan fingerprint density at radius 2 is 2.19 bits per heavy atom. The fourth-order valence-corrected chi connectivity index (χ4v) is 2.13. The maximum Gasteiger partial charge on any atom is 0.342 e. The molecular formula is C9H15N5O2. The normalized spacial score (nSPS) is 25.8. The predicted octanol–water partition coefficient (Wildman–Crippen LogP) is -1.37. The number of aromatic amines is 2. The first-order valence-electron chi connectivity index (χ1n) is 5.26. The molecule has 0 aromatic carbocycles. The van der Waals surface area contributed by atoms with Crippen molar-refractivity contribution in [1.29, 1.82) is 0 Å². The lowest BCUT2D eigenvalue weighted by Gasteiger charge is -2.34. The summed E-state index contributed by atoms with van der Waals surface area (Å²) in [5.74, 6) is 0.651. The van der Waals surface area contributed by atoms with Gasteiger partial charge in [-0.3, -0.25) is 9.78 Å². The molecule has 16 heavy (non-hydrogen) atoms. The van der Waals surface area contributed by atoms with Crippen LogP contribution >= 0.6 is 0 Å². The molecule has 0 spiro atoms. The summed E-state index contributed by atoms with van der Waals surface area (Å²) in [6.45, 7) is 3.40. The van der Waals surface area contributed by atoms with E-state index < -0.39 is 11.2 Å². The SMILES string of the molecule is CC1CC(N)CN(c2n[nH]c(=O)[nH]c2=O)C1. The minimum absolute atomic E-state index is 0.0388. The molecule has 2 unspecified atom stereocenters. The Balaban J connectivity index is 2.30. The van der Waals surface area contributed by atoms with Gasteiger partial charge in [0.05, 0.1) is 0 Å². The average molecular weight is 225 g/mol. The second kappa shape index (κ2) is 4.09. The molecule has 2 atom stereocenters. The van der Waals surface area contributed by atoms with Gasteiger partial charge in [-0.25, -0.2) is 9.89 Å². The molecule has 0 radical (unpaired) electrons. The summed E-state index contributed by atoms with van der Waals surface area (Å²) in [6.07, 6.45) is 0.942. The Kier molecular flexibility index (Phi) is 2.78. The van der Waals surface area contributed by atoms with E-state index in [1.165, 1.54) is 0 Å². The monoisotopic (exact) mass is 225 g/mol. The first-order valence-corrected chi connectivity index (χ1v) is 5.26. The van der Waals surface area contributed by atoms with Gasteiger partial charge in [-0.2, -0.15) is 0 Å². The van der Waals surface area contributed by atoms with Gasteiger partial charge in [0.2, 0.25) is 5.82 Å². The highest BCUT2D eigenvalue weighted by molar-refractivity contribution is 5.35. The van der Waals surface area contributed by atoms with E-state index >= 15 is 0 Å². The number of hydrogen-bond donors (Lipinski definition) is 3. The van der Waals surface area contributed by atoms with Gasteiger partial charge in [-0.15, -0.1) is 5.10 Å². The molecule has 1 aliphatic heterocycles. The quantitative estimate of drug-likeness (QED) is 0.546. The topological polar surface area (TPSA) is 108 Å². The zero-order valence-electron chi connectivity index (χ0n) is 9.06. The van der Waals surface area contributed by atoms with E-state index in [2.05, 4.69) is 22.1 Å². The van der Waals surface area contributed by atoms with Crippen LogP contribution in [-0.2, 0) is 0 Å². The smallest absolute Gasteiger partial charge is 0.342 e.